The third-order valence-electron chi connectivity index (χ3n) is 1.63. The monoisotopic (exact) mass is 237 g/mol. The highest BCUT2D eigenvalue weighted by Gasteiger charge is 2.27. The molecule has 1 heterocycles. The Hall–Kier alpha value is -1.73. The maximum atomic E-state index is 11.9. The fourth-order valence-corrected chi connectivity index (χ4v) is 0.928. The zero-order valence-corrected chi connectivity index (χ0v) is 8.41. The van der Waals surface area contributed by atoms with Gasteiger partial charge in [0.15, 0.2) is 5.82 Å². The molecule has 0 fully saturated rings. The van der Waals surface area contributed by atoms with Gasteiger partial charge in [-0.2, -0.15) is 18.2 Å². The number of aromatic nitrogens is 2. The van der Waals surface area contributed by atoms with Crippen LogP contribution in [0.15, 0.2) is 6.33 Å². The largest absolute Gasteiger partial charge is 0.489 e. The second-order valence-electron chi connectivity index (χ2n) is 2.81. The number of anilines is 1. The Morgan fingerprint density at radius 2 is 2.06 bits per heavy atom. The molecular formula is C8H10F3N3O2. The highest BCUT2D eigenvalue weighted by atomic mass is 19.4. The van der Waals surface area contributed by atoms with Crippen LogP contribution < -0.4 is 15.2 Å². The number of methoxy groups -OCH3 is 1. The van der Waals surface area contributed by atoms with Crippen molar-refractivity contribution in [3.05, 3.63) is 6.33 Å². The third kappa shape index (κ3) is 3.44. The van der Waals surface area contributed by atoms with Gasteiger partial charge in [-0.05, 0) is 0 Å². The molecule has 0 aliphatic heterocycles. The van der Waals surface area contributed by atoms with Crippen LogP contribution in [0.3, 0.4) is 0 Å². The minimum Gasteiger partial charge on any atom is -0.489 e. The molecule has 1 aromatic rings. The first-order chi connectivity index (χ1) is 7.44. The zero-order chi connectivity index (χ0) is 12.2. The lowest BCUT2D eigenvalue weighted by Crippen LogP contribution is -2.14. The number of ether oxygens (including phenoxy) is 2. The molecule has 0 aliphatic carbocycles. The first-order valence-corrected chi connectivity index (χ1v) is 4.28. The number of nitrogen functional groups attached to an aromatic ring is 1. The summed E-state index contributed by atoms with van der Waals surface area (Å²) in [5, 5.41) is 0. The van der Waals surface area contributed by atoms with Gasteiger partial charge in [-0.1, -0.05) is 0 Å². The van der Waals surface area contributed by atoms with Crippen molar-refractivity contribution in [2.45, 2.75) is 12.6 Å². The van der Waals surface area contributed by atoms with Crippen LogP contribution in [-0.4, -0.2) is 29.9 Å². The molecular weight excluding hydrogens is 227 g/mol. The lowest BCUT2D eigenvalue weighted by Gasteiger charge is -2.11. The van der Waals surface area contributed by atoms with Gasteiger partial charge in [0.25, 0.3) is 5.88 Å². The Morgan fingerprint density at radius 3 is 2.62 bits per heavy atom. The van der Waals surface area contributed by atoms with Gasteiger partial charge in [0.1, 0.15) is 6.33 Å². The van der Waals surface area contributed by atoms with E-state index in [0.29, 0.717) is 0 Å². The molecule has 16 heavy (non-hydrogen) atoms. The van der Waals surface area contributed by atoms with Crippen LogP contribution in [0.4, 0.5) is 19.0 Å². The number of rotatable bonds is 4. The standard InChI is InChI=1S/C8H10F3N3O2/c1-15-5-6(12)13-4-14-7(5)16-3-2-8(9,10)11/h4H,2-3H2,1H3,(H2,12,13,14). The maximum absolute atomic E-state index is 11.9. The second kappa shape index (κ2) is 4.86. The highest BCUT2D eigenvalue weighted by Crippen LogP contribution is 2.29. The molecule has 0 amide bonds. The highest BCUT2D eigenvalue weighted by molar-refractivity contribution is 5.51. The van der Waals surface area contributed by atoms with E-state index in [1.54, 1.807) is 0 Å². The van der Waals surface area contributed by atoms with Crippen molar-refractivity contribution in [3.63, 3.8) is 0 Å². The molecule has 0 saturated carbocycles. The van der Waals surface area contributed by atoms with Crippen molar-refractivity contribution in [2.24, 2.45) is 0 Å². The number of nitrogens with zero attached hydrogens (tertiary/aromatic N) is 2. The van der Waals surface area contributed by atoms with Crippen molar-refractivity contribution in [3.8, 4) is 11.6 Å². The average Bonchev–Trinajstić information content (AvgIpc) is 2.16. The molecule has 0 atom stereocenters. The van der Waals surface area contributed by atoms with E-state index in [-0.39, 0.29) is 17.4 Å². The van der Waals surface area contributed by atoms with E-state index in [0.717, 1.165) is 6.33 Å². The summed E-state index contributed by atoms with van der Waals surface area (Å²) in [6.07, 6.45) is -4.26. The van der Waals surface area contributed by atoms with Crippen LogP contribution in [0.1, 0.15) is 6.42 Å². The second-order valence-corrected chi connectivity index (χ2v) is 2.81. The van der Waals surface area contributed by atoms with Crippen molar-refractivity contribution in [1.29, 1.82) is 0 Å². The molecule has 0 spiro atoms. The summed E-state index contributed by atoms with van der Waals surface area (Å²) < 4.78 is 45.2. The minimum atomic E-state index is -4.27. The molecule has 1 aromatic heterocycles. The van der Waals surface area contributed by atoms with Gasteiger partial charge in [-0.25, -0.2) is 4.98 Å². The number of halogens is 3. The zero-order valence-electron chi connectivity index (χ0n) is 8.41. The molecule has 1 rings (SSSR count). The van der Waals surface area contributed by atoms with Gasteiger partial charge in [0, 0.05) is 0 Å². The molecule has 2 N–H and O–H groups in total. The fraction of sp³-hybridized carbons (Fsp3) is 0.500. The van der Waals surface area contributed by atoms with E-state index in [1.165, 1.54) is 7.11 Å². The topological polar surface area (TPSA) is 70.3 Å². The van der Waals surface area contributed by atoms with Crippen molar-refractivity contribution >= 4 is 5.82 Å². The summed E-state index contributed by atoms with van der Waals surface area (Å²) in [7, 11) is 1.30. The van der Waals surface area contributed by atoms with E-state index in [1.807, 2.05) is 0 Å². The van der Waals surface area contributed by atoms with Crippen LogP contribution in [0.25, 0.3) is 0 Å². The van der Waals surface area contributed by atoms with E-state index in [4.69, 9.17) is 15.2 Å². The normalized spacial score (nSPS) is 11.2. The molecule has 90 valence electrons. The Labute approximate surface area is 89.4 Å². The van der Waals surface area contributed by atoms with Crippen molar-refractivity contribution in [2.75, 3.05) is 19.5 Å². The van der Waals surface area contributed by atoms with Crippen molar-refractivity contribution < 1.29 is 22.6 Å². The lowest BCUT2D eigenvalue weighted by molar-refractivity contribution is -0.139. The van der Waals surface area contributed by atoms with Gasteiger partial charge in [-0.3, -0.25) is 0 Å². The van der Waals surface area contributed by atoms with Gasteiger partial charge < -0.3 is 15.2 Å². The SMILES string of the molecule is COc1c(N)ncnc1OCCC(F)(F)F. The Morgan fingerprint density at radius 1 is 1.38 bits per heavy atom. The Bertz CT molecular complexity index is 357. The minimum absolute atomic E-state index is 0.0134. The van der Waals surface area contributed by atoms with Crippen LogP contribution in [-0.2, 0) is 0 Å². The van der Waals surface area contributed by atoms with E-state index >= 15 is 0 Å². The number of hydrogen-bond acceptors (Lipinski definition) is 5. The molecule has 0 aliphatic rings. The van der Waals surface area contributed by atoms with E-state index in [9.17, 15) is 13.2 Å². The molecule has 8 heteroatoms. The lowest BCUT2D eigenvalue weighted by atomic mass is 10.4. The number of hydrogen-bond donors (Lipinski definition) is 1. The van der Waals surface area contributed by atoms with E-state index < -0.39 is 19.2 Å². The summed E-state index contributed by atoms with van der Waals surface area (Å²) in [6.45, 7) is -0.545. The number of alkyl halides is 3. The molecule has 5 nitrogen and oxygen atoms in total. The van der Waals surface area contributed by atoms with Crippen LogP contribution in [0, 0.1) is 0 Å². The predicted molar refractivity (Wildman–Crippen MR) is 49.2 cm³/mol. The van der Waals surface area contributed by atoms with Crippen LogP contribution in [0.5, 0.6) is 11.6 Å². The maximum Gasteiger partial charge on any atom is 0.392 e. The van der Waals surface area contributed by atoms with Gasteiger partial charge in [0.2, 0.25) is 5.75 Å². The first-order valence-electron chi connectivity index (χ1n) is 4.28. The third-order valence-corrected chi connectivity index (χ3v) is 1.63. The van der Waals surface area contributed by atoms with Gasteiger partial charge in [-0.15, -0.1) is 0 Å². The van der Waals surface area contributed by atoms with E-state index in [2.05, 4.69) is 9.97 Å². The van der Waals surface area contributed by atoms with Crippen LogP contribution in [0.2, 0.25) is 0 Å². The average molecular weight is 237 g/mol. The van der Waals surface area contributed by atoms with Gasteiger partial charge >= 0.3 is 6.18 Å². The summed E-state index contributed by atoms with van der Waals surface area (Å²) >= 11 is 0. The summed E-state index contributed by atoms with van der Waals surface area (Å²) in [5.74, 6) is -0.0524. The summed E-state index contributed by atoms with van der Waals surface area (Å²) in [5.41, 5.74) is 5.41. The molecule has 0 radical (unpaired) electrons. The first kappa shape index (κ1) is 12.3. The van der Waals surface area contributed by atoms with Gasteiger partial charge in [0.05, 0.1) is 20.1 Å². The fourth-order valence-electron chi connectivity index (χ4n) is 0.928. The molecule has 0 bridgehead atoms. The Balaban J connectivity index is 2.64. The predicted octanol–water partition coefficient (Wildman–Crippen LogP) is 1.40. The quantitative estimate of drug-likeness (QED) is 0.857. The molecule has 0 unspecified atom stereocenters. The summed E-state index contributed by atoms with van der Waals surface area (Å²) in [6, 6.07) is 0. The molecule has 0 aromatic carbocycles. The van der Waals surface area contributed by atoms with Crippen molar-refractivity contribution in [1.82, 2.24) is 9.97 Å². The Kier molecular flexibility index (Phi) is 3.75. The summed E-state index contributed by atoms with van der Waals surface area (Å²) in [4.78, 5) is 7.23. The van der Waals surface area contributed by atoms with Crippen LogP contribution >= 0.6 is 0 Å². The number of nitrogens with two attached hydrogens (primary N) is 1. The molecule has 0 saturated heterocycles. The smallest absolute Gasteiger partial charge is 0.392 e.